The lowest BCUT2D eigenvalue weighted by Gasteiger charge is -2.22. The van der Waals surface area contributed by atoms with E-state index in [4.69, 9.17) is 10.2 Å². The van der Waals surface area contributed by atoms with Crippen molar-refractivity contribution in [2.75, 3.05) is 11.1 Å². The maximum atomic E-state index is 10.5. The van der Waals surface area contributed by atoms with Crippen molar-refractivity contribution in [1.82, 2.24) is 14.8 Å². The molecule has 26 heavy (non-hydrogen) atoms. The zero-order valence-electron chi connectivity index (χ0n) is 13.6. The van der Waals surface area contributed by atoms with Crippen LogP contribution in [0.15, 0.2) is 65.4 Å². The molecule has 1 aliphatic rings. The number of anilines is 2. The van der Waals surface area contributed by atoms with Crippen molar-refractivity contribution >= 4 is 28.3 Å². The van der Waals surface area contributed by atoms with Crippen LogP contribution in [0.2, 0.25) is 0 Å². The molecule has 4 N–H and O–H groups in total. The van der Waals surface area contributed by atoms with E-state index in [1.54, 1.807) is 18.5 Å². The molecule has 3 aromatic heterocycles. The van der Waals surface area contributed by atoms with Crippen molar-refractivity contribution < 1.29 is 9.52 Å². The minimum atomic E-state index is -0.930. The monoisotopic (exact) mass is 345 g/mol. The number of nitrogen functional groups attached to an aromatic ring is 1. The number of furan rings is 1. The van der Waals surface area contributed by atoms with E-state index in [-0.39, 0.29) is 0 Å². The van der Waals surface area contributed by atoms with E-state index in [9.17, 15) is 5.11 Å². The number of benzene rings is 1. The Kier molecular flexibility index (Phi) is 3.10. The summed E-state index contributed by atoms with van der Waals surface area (Å²) >= 11 is 0. The highest BCUT2D eigenvalue weighted by Crippen LogP contribution is 2.39. The Morgan fingerprint density at radius 1 is 1.19 bits per heavy atom. The molecule has 0 radical (unpaired) electrons. The van der Waals surface area contributed by atoms with Gasteiger partial charge in [0, 0.05) is 17.3 Å². The van der Waals surface area contributed by atoms with Crippen LogP contribution in [0.4, 0.5) is 11.6 Å². The second-order valence-electron chi connectivity index (χ2n) is 6.06. The zero-order chi connectivity index (χ0) is 17.7. The molecule has 1 unspecified atom stereocenters. The number of pyridine rings is 1. The van der Waals surface area contributed by atoms with Gasteiger partial charge in [-0.2, -0.15) is 5.10 Å². The van der Waals surface area contributed by atoms with Crippen LogP contribution in [-0.2, 0) is 0 Å². The molecule has 128 valence electrons. The van der Waals surface area contributed by atoms with Gasteiger partial charge >= 0.3 is 0 Å². The standard InChI is InChI=1S/C19H15N5O2/c20-18-17(13-3-1-2-7-21-13)19-22-14(10-16(25)24(19)23-18)11-4-5-15-12(9-11)6-8-26-15/h1-10,16,22,25H,(H2,20,23). The molecule has 7 nitrogen and oxygen atoms in total. The summed E-state index contributed by atoms with van der Waals surface area (Å²) in [5.41, 5.74) is 9.97. The quantitative estimate of drug-likeness (QED) is 0.515. The number of rotatable bonds is 2. The fraction of sp³-hybridized carbons (Fsp3) is 0.0526. The predicted octanol–water partition coefficient (Wildman–Crippen LogP) is 3.23. The van der Waals surface area contributed by atoms with Gasteiger partial charge < -0.3 is 20.6 Å². The molecule has 4 aromatic rings. The Morgan fingerprint density at radius 2 is 2.12 bits per heavy atom. The van der Waals surface area contributed by atoms with E-state index in [0.717, 1.165) is 22.2 Å². The molecular formula is C19H15N5O2. The number of hydrogen-bond donors (Lipinski definition) is 3. The van der Waals surface area contributed by atoms with Crippen LogP contribution in [0.25, 0.3) is 27.9 Å². The van der Waals surface area contributed by atoms with Gasteiger partial charge in [0.2, 0.25) is 0 Å². The largest absolute Gasteiger partial charge is 0.464 e. The van der Waals surface area contributed by atoms with Gasteiger partial charge in [-0.15, -0.1) is 0 Å². The lowest BCUT2D eigenvalue weighted by atomic mass is 10.1. The highest BCUT2D eigenvalue weighted by atomic mass is 16.3. The molecule has 7 heteroatoms. The summed E-state index contributed by atoms with van der Waals surface area (Å²) in [6.45, 7) is 0. The molecule has 1 atom stereocenters. The zero-order valence-corrected chi connectivity index (χ0v) is 13.6. The van der Waals surface area contributed by atoms with Gasteiger partial charge in [-0.05, 0) is 48.0 Å². The van der Waals surface area contributed by atoms with Crippen molar-refractivity contribution in [3.05, 3.63) is 66.6 Å². The van der Waals surface area contributed by atoms with E-state index in [1.165, 1.54) is 4.68 Å². The van der Waals surface area contributed by atoms with Crippen LogP contribution < -0.4 is 11.1 Å². The van der Waals surface area contributed by atoms with Crippen molar-refractivity contribution in [3.63, 3.8) is 0 Å². The summed E-state index contributed by atoms with van der Waals surface area (Å²) in [6.07, 6.45) is 4.12. The number of hydrogen-bond acceptors (Lipinski definition) is 6. The van der Waals surface area contributed by atoms with Crippen LogP contribution in [-0.4, -0.2) is 19.9 Å². The Morgan fingerprint density at radius 3 is 2.96 bits per heavy atom. The van der Waals surface area contributed by atoms with Gasteiger partial charge in [0.05, 0.1) is 17.5 Å². The van der Waals surface area contributed by atoms with Gasteiger partial charge in [0.1, 0.15) is 11.4 Å². The van der Waals surface area contributed by atoms with Crippen molar-refractivity contribution in [2.45, 2.75) is 6.23 Å². The lowest BCUT2D eigenvalue weighted by molar-refractivity contribution is 0.141. The molecule has 0 saturated carbocycles. The molecule has 0 fully saturated rings. The first-order chi connectivity index (χ1) is 12.7. The van der Waals surface area contributed by atoms with Gasteiger partial charge in [-0.1, -0.05) is 6.07 Å². The number of nitrogens with zero attached hydrogens (tertiary/aromatic N) is 3. The number of nitrogens with one attached hydrogen (secondary N) is 1. The fourth-order valence-corrected chi connectivity index (χ4v) is 3.22. The third kappa shape index (κ3) is 2.18. The maximum Gasteiger partial charge on any atom is 0.170 e. The number of fused-ring (bicyclic) bond motifs is 2. The van der Waals surface area contributed by atoms with Gasteiger partial charge in [-0.25, -0.2) is 4.68 Å². The second kappa shape index (κ2) is 5.47. The van der Waals surface area contributed by atoms with Crippen molar-refractivity contribution in [3.8, 4) is 11.3 Å². The highest BCUT2D eigenvalue weighted by molar-refractivity contribution is 5.91. The van der Waals surface area contributed by atoms with Gasteiger partial charge in [0.15, 0.2) is 12.0 Å². The minimum Gasteiger partial charge on any atom is -0.464 e. The highest BCUT2D eigenvalue weighted by Gasteiger charge is 2.26. The summed E-state index contributed by atoms with van der Waals surface area (Å²) in [5, 5.41) is 19.1. The fourth-order valence-electron chi connectivity index (χ4n) is 3.22. The summed E-state index contributed by atoms with van der Waals surface area (Å²) in [6, 6.07) is 13.3. The van der Waals surface area contributed by atoms with Crippen LogP contribution in [0.3, 0.4) is 0 Å². The topological polar surface area (TPSA) is 102 Å². The summed E-state index contributed by atoms with van der Waals surface area (Å²) in [5.74, 6) is 0.920. The average Bonchev–Trinajstić information content (AvgIpc) is 3.25. The number of aromatic nitrogens is 3. The third-order valence-corrected chi connectivity index (χ3v) is 4.44. The SMILES string of the molecule is Nc1nn2c(c1-c1ccccn1)NC(c1ccc3occc3c1)=CC2O. The molecule has 4 heterocycles. The molecule has 1 aromatic carbocycles. The maximum absolute atomic E-state index is 10.5. The average molecular weight is 345 g/mol. The number of nitrogens with two attached hydrogens (primary N) is 1. The number of aliphatic hydroxyl groups is 1. The molecule has 0 saturated heterocycles. The summed E-state index contributed by atoms with van der Waals surface area (Å²) in [4.78, 5) is 4.36. The first-order valence-electron chi connectivity index (χ1n) is 8.14. The normalized spacial score (nSPS) is 16.2. The van der Waals surface area contributed by atoms with Crippen LogP contribution in [0.5, 0.6) is 0 Å². The van der Waals surface area contributed by atoms with Crippen LogP contribution >= 0.6 is 0 Å². The van der Waals surface area contributed by atoms with Crippen molar-refractivity contribution in [2.24, 2.45) is 0 Å². The van der Waals surface area contributed by atoms with Gasteiger partial charge in [-0.3, -0.25) is 4.98 Å². The second-order valence-corrected chi connectivity index (χ2v) is 6.06. The molecule has 0 amide bonds. The first-order valence-corrected chi connectivity index (χ1v) is 8.14. The number of aliphatic hydroxyl groups excluding tert-OH is 1. The Hall–Kier alpha value is -3.58. The van der Waals surface area contributed by atoms with Crippen LogP contribution in [0.1, 0.15) is 11.8 Å². The Balaban J connectivity index is 1.62. The Bertz CT molecular complexity index is 1140. The van der Waals surface area contributed by atoms with E-state index in [1.807, 2.05) is 42.5 Å². The van der Waals surface area contributed by atoms with Gasteiger partial charge in [0.25, 0.3) is 0 Å². The molecular weight excluding hydrogens is 330 g/mol. The Labute approximate surface area is 148 Å². The minimum absolute atomic E-state index is 0.310. The van der Waals surface area contributed by atoms with E-state index >= 15 is 0 Å². The van der Waals surface area contributed by atoms with Crippen LogP contribution in [0, 0.1) is 0 Å². The first kappa shape index (κ1) is 14.7. The van der Waals surface area contributed by atoms with E-state index < -0.39 is 6.23 Å². The molecule has 1 aliphatic heterocycles. The third-order valence-electron chi connectivity index (χ3n) is 4.44. The summed E-state index contributed by atoms with van der Waals surface area (Å²) < 4.78 is 6.85. The molecule has 0 bridgehead atoms. The van der Waals surface area contributed by atoms with Crippen molar-refractivity contribution in [1.29, 1.82) is 0 Å². The lowest BCUT2D eigenvalue weighted by Crippen LogP contribution is -2.18. The van der Waals surface area contributed by atoms with E-state index in [2.05, 4.69) is 15.4 Å². The summed E-state index contributed by atoms with van der Waals surface area (Å²) in [7, 11) is 0. The molecule has 0 aliphatic carbocycles. The molecule has 5 rings (SSSR count). The van der Waals surface area contributed by atoms with E-state index in [0.29, 0.717) is 22.9 Å². The molecule has 0 spiro atoms. The predicted molar refractivity (Wildman–Crippen MR) is 98.9 cm³/mol. The smallest absolute Gasteiger partial charge is 0.170 e.